The van der Waals surface area contributed by atoms with Crippen molar-refractivity contribution in [3.63, 3.8) is 0 Å². The average Bonchev–Trinajstić information content (AvgIpc) is 3.32. The van der Waals surface area contributed by atoms with Crippen LogP contribution in [0.5, 0.6) is 5.75 Å². The first-order chi connectivity index (χ1) is 10.3. The Labute approximate surface area is 126 Å². The molecular weight excluding hydrogens is 258 g/mol. The molecular formula is C19H23NO. The van der Waals surface area contributed by atoms with Gasteiger partial charge in [-0.1, -0.05) is 42.5 Å². The van der Waals surface area contributed by atoms with E-state index in [1.807, 2.05) is 0 Å². The van der Waals surface area contributed by atoms with Gasteiger partial charge in [0.25, 0.3) is 0 Å². The van der Waals surface area contributed by atoms with E-state index in [1.165, 1.54) is 29.5 Å². The highest BCUT2D eigenvalue weighted by Gasteiger charge is 2.22. The maximum atomic E-state index is 6.04. The fourth-order valence-corrected chi connectivity index (χ4v) is 2.54. The van der Waals surface area contributed by atoms with E-state index in [9.17, 15) is 0 Å². The molecule has 2 aromatic rings. The van der Waals surface area contributed by atoms with Crippen LogP contribution in [0.15, 0.2) is 48.5 Å². The minimum Gasteiger partial charge on any atom is -0.493 e. The topological polar surface area (TPSA) is 35.2 Å². The van der Waals surface area contributed by atoms with Crippen LogP contribution in [-0.4, -0.2) is 13.2 Å². The fraction of sp³-hybridized carbons (Fsp3) is 0.368. The van der Waals surface area contributed by atoms with Crippen LogP contribution in [0, 0.1) is 5.92 Å². The fourth-order valence-electron chi connectivity index (χ4n) is 2.54. The first-order valence-corrected chi connectivity index (χ1v) is 7.84. The zero-order valence-corrected chi connectivity index (χ0v) is 12.4. The minimum atomic E-state index is 0.688. The molecule has 0 aromatic heterocycles. The lowest BCUT2D eigenvalue weighted by molar-refractivity contribution is 0.297. The summed E-state index contributed by atoms with van der Waals surface area (Å²) in [5, 5.41) is 0. The summed E-state index contributed by atoms with van der Waals surface area (Å²) < 4.78 is 6.04. The quantitative estimate of drug-likeness (QED) is 0.842. The molecule has 1 aliphatic rings. The Hall–Kier alpha value is -1.80. The SMILES string of the molecule is NCCc1ccc(OCC2CC2)c(Cc2ccccc2)c1. The van der Waals surface area contributed by atoms with E-state index in [0.29, 0.717) is 6.54 Å². The summed E-state index contributed by atoms with van der Waals surface area (Å²) in [4.78, 5) is 0. The van der Waals surface area contributed by atoms with Gasteiger partial charge in [0, 0.05) is 6.42 Å². The Balaban J connectivity index is 1.79. The number of benzene rings is 2. The van der Waals surface area contributed by atoms with E-state index in [2.05, 4.69) is 48.5 Å². The monoisotopic (exact) mass is 281 g/mol. The lowest BCUT2D eigenvalue weighted by Gasteiger charge is -2.13. The van der Waals surface area contributed by atoms with Crippen molar-refractivity contribution in [2.45, 2.75) is 25.7 Å². The van der Waals surface area contributed by atoms with Gasteiger partial charge in [-0.2, -0.15) is 0 Å². The molecule has 0 radical (unpaired) electrons. The van der Waals surface area contributed by atoms with Crippen molar-refractivity contribution < 1.29 is 4.74 Å². The van der Waals surface area contributed by atoms with Gasteiger partial charge < -0.3 is 10.5 Å². The molecule has 0 aliphatic heterocycles. The predicted molar refractivity (Wildman–Crippen MR) is 86.7 cm³/mol. The van der Waals surface area contributed by atoms with Crippen LogP contribution in [0.1, 0.15) is 29.5 Å². The molecule has 0 saturated heterocycles. The summed E-state index contributed by atoms with van der Waals surface area (Å²) in [7, 11) is 0. The number of hydrogen-bond acceptors (Lipinski definition) is 2. The molecule has 3 rings (SSSR count). The van der Waals surface area contributed by atoms with Crippen LogP contribution in [0.2, 0.25) is 0 Å². The Morgan fingerprint density at radius 3 is 2.52 bits per heavy atom. The second-order valence-corrected chi connectivity index (χ2v) is 5.90. The van der Waals surface area contributed by atoms with Gasteiger partial charge in [-0.15, -0.1) is 0 Å². The molecule has 0 amide bonds. The molecule has 0 atom stereocenters. The van der Waals surface area contributed by atoms with E-state index in [1.54, 1.807) is 0 Å². The molecule has 21 heavy (non-hydrogen) atoms. The van der Waals surface area contributed by atoms with Crippen LogP contribution in [0.3, 0.4) is 0 Å². The van der Waals surface area contributed by atoms with Crippen LogP contribution in [-0.2, 0) is 12.8 Å². The third-order valence-corrected chi connectivity index (χ3v) is 3.97. The Bertz CT molecular complexity index is 575. The highest BCUT2D eigenvalue weighted by molar-refractivity contribution is 5.40. The van der Waals surface area contributed by atoms with Gasteiger partial charge in [-0.3, -0.25) is 0 Å². The lowest BCUT2D eigenvalue weighted by Crippen LogP contribution is -2.06. The predicted octanol–water partition coefficient (Wildman–Crippen LogP) is 3.57. The summed E-state index contributed by atoms with van der Waals surface area (Å²) in [5.74, 6) is 1.81. The van der Waals surface area contributed by atoms with E-state index in [4.69, 9.17) is 10.5 Å². The first kappa shape index (κ1) is 14.2. The van der Waals surface area contributed by atoms with Crippen LogP contribution in [0.25, 0.3) is 0 Å². The van der Waals surface area contributed by atoms with Crippen molar-refractivity contribution in [1.82, 2.24) is 0 Å². The molecule has 2 nitrogen and oxygen atoms in total. The molecule has 0 bridgehead atoms. The second kappa shape index (κ2) is 6.77. The Morgan fingerprint density at radius 2 is 1.81 bits per heavy atom. The number of hydrogen-bond donors (Lipinski definition) is 1. The van der Waals surface area contributed by atoms with Crippen LogP contribution >= 0.6 is 0 Å². The number of ether oxygens (including phenoxy) is 1. The molecule has 1 fully saturated rings. The van der Waals surface area contributed by atoms with E-state index in [0.717, 1.165) is 31.1 Å². The molecule has 2 aromatic carbocycles. The molecule has 0 unspecified atom stereocenters. The van der Waals surface area contributed by atoms with Gasteiger partial charge in [0.2, 0.25) is 0 Å². The largest absolute Gasteiger partial charge is 0.493 e. The van der Waals surface area contributed by atoms with Gasteiger partial charge in [0.05, 0.1) is 6.61 Å². The third-order valence-electron chi connectivity index (χ3n) is 3.97. The van der Waals surface area contributed by atoms with Crippen molar-refractivity contribution in [2.75, 3.05) is 13.2 Å². The van der Waals surface area contributed by atoms with E-state index < -0.39 is 0 Å². The Morgan fingerprint density at radius 1 is 1.00 bits per heavy atom. The van der Waals surface area contributed by atoms with Gasteiger partial charge >= 0.3 is 0 Å². The molecule has 110 valence electrons. The second-order valence-electron chi connectivity index (χ2n) is 5.90. The van der Waals surface area contributed by atoms with Gasteiger partial charge in [-0.05, 0) is 54.5 Å². The molecule has 0 spiro atoms. The number of rotatable bonds is 7. The summed E-state index contributed by atoms with van der Waals surface area (Å²) >= 11 is 0. The molecule has 1 aliphatic carbocycles. The smallest absolute Gasteiger partial charge is 0.122 e. The summed E-state index contributed by atoms with van der Waals surface area (Å²) in [6.07, 6.45) is 4.47. The normalized spacial score (nSPS) is 14.1. The molecule has 1 saturated carbocycles. The van der Waals surface area contributed by atoms with Gasteiger partial charge in [0.15, 0.2) is 0 Å². The average molecular weight is 281 g/mol. The number of nitrogens with two attached hydrogens (primary N) is 1. The van der Waals surface area contributed by atoms with Crippen molar-refractivity contribution in [2.24, 2.45) is 11.7 Å². The standard InChI is InChI=1S/C19H23NO/c20-11-10-16-8-9-19(21-14-17-6-7-17)18(13-16)12-15-4-2-1-3-5-15/h1-5,8-9,13,17H,6-7,10-12,14,20H2. The van der Waals surface area contributed by atoms with Gasteiger partial charge in [-0.25, -0.2) is 0 Å². The van der Waals surface area contributed by atoms with E-state index in [-0.39, 0.29) is 0 Å². The van der Waals surface area contributed by atoms with Gasteiger partial charge in [0.1, 0.15) is 5.75 Å². The minimum absolute atomic E-state index is 0.688. The summed E-state index contributed by atoms with van der Waals surface area (Å²) in [5.41, 5.74) is 9.56. The molecule has 2 heteroatoms. The lowest BCUT2D eigenvalue weighted by atomic mass is 10.0. The van der Waals surface area contributed by atoms with E-state index >= 15 is 0 Å². The third kappa shape index (κ3) is 4.08. The van der Waals surface area contributed by atoms with Crippen LogP contribution in [0.4, 0.5) is 0 Å². The van der Waals surface area contributed by atoms with Crippen LogP contribution < -0.4 is 10.5 Å². The highest BCUT2D eigenvalue weighted by atomic mass is 16.5. The summed E-state index contributed by atoms with van der Waals surface area (Å²) in [6, 6.07) is 17.1. The highest BCUT2D eigenvalue weighted by Crippen LogP contribution is 2.31. The molecule has 2 N–H and O–H groups in total. The zero-order valence-electron chi connectivity index (χ0n) is 12.4. The van der Waals surface area contributed by atoms with Crippen molar-refractivity contribution >= 4 is 0 Å². The maximum Gasteiger partial charge on any atom is 0.122 e. The molecule has 0 heterocycles. The van der Waals surface area contributed by atoms with Crippen molar-refractivity contribution in [3.05, 3.63) is 65.2 Å². The van der Waals surface area contributed by atoms with Crippen molar-refractivity contribution in [3.8, 4) is 5.75 Å². The maximum absolute atomic E-state index is 6.04. The Kier molecular flexibility index (Phi) is 4.56. The first-order valence-electron chi connectivity index (χ1n) is 7.84. The van der Waals surface area contributed by atoms with Crippen molar-refractivity contribution in [1.29, 1.82) is 0 Å². The zero-order chi connectivity index (χ0) is 14.5. The summed E-state index contributed by atoms with van der Waals surface area (Å²) in [6.45, 7) is 1.55.